The lowest BCUT2D eigenvalue weighted by molar-refractivity contribution is 0.137. The molecule has 0 aliphatic carbocycles. The number of fused-ring (bicyclic) bond motifs is 4. The molecule has 7 nitrogen and oxygen atoms in total. The van der Waals surface area contributed by atoms with Gasteiger partial charge in [-0.25, -0.2) is 4.79 Å². The molecule has 3 heterocycles. The van der Waals surface area contributed by atoms with Crippen molar-refractivity contribution in [2.45, 2.75) is 26.1 Å². The van der Waals surface area contributed by atoms with Crippen molar-refractivity contribution >= 4 is 17.0 Å². The molecule has 1 atom stereocenters. The molecule has 0 saturated carbocycles. The second kappa shape index (κ2) is 6.43. The Bertz CT molecular complexity index is 922. The third-order valence-electron chi connectivity index (χ3n) is 4.13. The van der Waals surface area contributed by atoms with Crippen LogP contribution >= 0.6 is 0 Å². The van der Waals surface area contributed by atoms with Gasteiger partial charge in [0.2, 0.25) is 0 Å². The number of carbonyl (C=O) groups is 1. The van der Waals surface area contributed by atoms with Crippen molar-refractivity contribution in [3.8, 4) is 17.0 Å². The molecule has 7 heteroatoms. The minimum absolute atomic E-state index is 0.0408. The van der Waals surface area contributed by atoms with Crippen LogP contribution in [0.25, 0.3) is 22.2 Å². The second-order valence-electron chi connectivity index (χ2n) is 6.08. The maximum absolute atomic E-state index is 11.8. The van der Waals surface area contributed by atoms with Crippen LogP contribution in [0, 0.1) is 0 Å². The van der Waals surface area contributed by atoms with Crippen molar-refractivity contribution in [3.63, 3.8) is 0 Å². The molecule has 128 valence electrons. The fraction of sp³-hybridized carbons (Fsp3) is 0.278. The van der Waals surface area contributed by atoms with Gasteiger partial charge in [0.25, 0.3) is 0 Å². The summed E-state index contributed by atoms with van der Waals surface area (Å²) in [5, 5.41) is 11.1. The summed E-state index contributed by atoms with van der Waals surface area (Å²) in [6.07, 6.45) is 3.62. The number of cyclic esters (lactones) is 1. The zero-order valence-corrected chi connectivity index (χ0v) is 13.8. The van der Waals surface area contributed by atoms with Crippen molar-refractivity contribution < 1.29 is 14.3 Å². The quantitative estimate of drug-likeness (QED) is 0.658. The van der Waals surface area contributed by atoms with Crippen LogP contribution in [0.15, 0.2) is 36.7 Å². The smallest absolute Gasteiger partial charge is 0.407 e. The van der Waals surface area contributed by atoms with Gasteiger partial charge < -0.3 is 14.8 Å². The van der Waals surface area contributed by atoms with Gasteiger partial charge >= 0.3 is 6.09 Å². The van der Waals surface area contributed by atoms with E-state index in [1.807, 2.05) is 31.2 Å². The Kier molecular flexibility index (Phi) is 3.97. The van der Waals surface area contributed by atoms with Crippen LogP contribution in [-0.2, 0) is 11.3 Å². The lowest BCUT2D eigenvalue weighted by Crippen LogP contribution is -2.28. The average Bonchev–Trinajstić information content (AvgIpc) is 3.03. The van der Waals surface area contributed by atoms with E-state index in [1.165, 1.54) is 0 Å². The Balaban J connectivity index is 1.79. The number of nitrogens with one attached hydrogen (secondary N) is 2. The summed E-state index contributed by atoms with van der Waals surface area (Å²) in [7, 11) is 0. The molecule has 0 spiro atoms. The fourth-order valence-electron chi connectivity index (χ4n) is 2.85. The third kappa shape index (κ3) is 3.26. The number of carbonyl (C=O) groups excluding carboxylic acids is 1. The summed E-state index contributed by atoms with van der Waals surface area (Å²) in [6.45, 7) is 2.61. The molecule has 1 aliphatic heterocycles. The number of benzene rings is 1. The van der Waals surface area contributed by atoms with E-state index in [0.717, 1.165) is 33.5 Å². The number of H-pyrrole nitrogens is 1. The number of aromatic nitrogens is 3. The van der Waals surface area contributed by atoms with Gasteiger partial charge in [0, 0.05) is 41.9 Å². The van der Waals surface area contributed by atoms with E-state index >= 15 is 0 Å². The van der Waals surface area contributed by atoms with Crippen LogP contribution in [0.4, 0.5) is 4.79 Å². The van der Waals surface area contributed by atoms with Crippen molar-refractivity contribution in [1.29, 1.82) is 0 Å². The lowest BCUT2D eigenvalue weighted by Gasteiger charge is -2.15. The monoisotopic (exact) mass is 338 g/mol. The van der Waals surface area contributed by atoms with E-state index in [4.69, 9.17) is 9.47 Å². The summed E-state index contributed by atoms with van der Waals surface area (Å²) in [5.74, 6) is 0.768. The molecule has 1 aliphatic rings. The fourth-order valence-corrected chi connectivity index (χ4v) is 2.85. The van der Waals surface area contributed by atoms with Crippen molar-refractivity contribution in [2.75, 3.05) is 6.54 Å². The predicted octanol–water partition coefficient (Wildman–Crippen LogP) is 3.02. The van der Waals surface area contributed by atoms with Crippen LogP contribution < -0.4 is 10.1 Å². The zero-order valence-electron chi connectivity index (χ0n) is 13.8. The lowest BCUT2D eigenvalue weighted by atomic mass is 10.1. The number of pyridine rings is 1. The first-order valence-electron chi connectivity index (χ1n) is 8.19. The van der Waals surface area contributed by atoms with E-state index in [1.54, 1.807) is 12.4 Å². The van der Waals surface area contributed by atoms with E-state index in [-0.39, 0.29) is 12.7 Å². The molecule has 1 aromatic carbocycles. The topological polar surface area (TPSA) is 89.1 Å². The van der Waals surface area contributed by atoms with Gasteiger partial charge in [0.05, 0.1) is 11.6 Å². The van der Waals surface area contributed by atoms with Gasteiger partial charge in [-0.1, -0.05) is 0 Å². The van der Waals surface area contributed by atoms with Crippen LogP contribution in [0.2, 0.25) is 0 Å². The highest BCUT2D eigenvalue weighted by molar-refractivity contribution is 5.93. The number of rotatable bonds is 0. The summed E-state index contributed by atoms with van der Waals surface area (Å²) in [5.41, 5.74) is 3.38. The van der Waals surface area contributed by atoms with Crippen LogP contribution in [0.5, 0.6) is 5.75 Å². The summed E-state index contributed by atoms with van der Waals surface area (Å²) < 4.78 is 11.2. The van der Waals surface area contributed by atoms with E-state index in [9.17, 15) is 4.79 Å². The number of alkyl carbamates (subject to hydrolysis) is 1. The van der Waals surface area contributed by atoms with E-state index < -0.39 is 6.09 Å². The largest absolute Gasteiger partial charge is 0.491 e. The maximum Gasteiger partial charge on any atom is 0.407 e. The minimum atomic E-state index is -0.449. The molecular weight excluding hydrogens is 320 g/mol. The molecule has 1 amide bonds. The van der Waals surface area contributed by atoms with Crippen LogP contribution in [0.3, 0.4) is 0 Å². The molecule has 25 heavy (non-hydrogen) atoms. The summed E-state index contributed by atoms with van der Waals surface area (Å²) >= 11 is 0. The number of ether oxygens (including phenoxy) is 2. The Morgan fingerprint density at radius 2 is 2.16 bits per heavy atom. The van der Waals surface area contributed by atoms with Crippen LogP contribution in [0.1, 0.15) is 18.9 Å². The van der Waals surface area contributed by atoms with Gasteiger partial charge in [0.1, 0.15) is 18.1 Å². The first-order chi connectivity index (χ1) is 12.2. The van der Waals surface area contributed by atoms with Gasteiger partial charge in [-0.3, -0.25) is 10.1 Å². The van der Waals surface area contributed by atoms with E-state index in [0.29, 0.717) is 13.0 Å². The molecule has 2 N–H and O–H groups in total. The normalized spacial score (nSPS) is 18.0. The number of nitrogens with zero attached hydrogens (tertiary/aromatic N) is 2. The molecule has 2 aromatic heterocycles. The van der Waals surface area contributed by atoms with Crippen molar-refractivity contribution in [2.24, 2.45) is 0 Å². The molecule has 0 radical (unpaired) electrons. The number of hydrogen-bond donors (Lipinski definition) is 2. The first kappa shape index (κ1) is 15.4. The van der Waals surface area contributed by atoms with Gasteiger partial charge in [-0.2, -0.15) is 5.10 Å². The maximum atomic E-state index is 11.8. The number of amides is 1. The summed E-state index contributed by atoms with van der Waals surface area (Å²) in [6, 6.07) is 7.77. The highest BCUT2D eigenvalue weighted by Gasteiger charge is 2.13. The molecular formula is C18H18N4O3. The molecule has 4 rings (SSSR count). The Labute approximate surface area is 144 Å². The Morgan fingerprint density at radius 3 is 3.08 bits per heavy atom. The molecule has 1 unspecified atom stereocenters. The highest BCUT2D eigenvalue weighted by Crippen LogP contribution is 2.30. The highest BCUT2D eigenvalue weighted by atomic mass is 16.5. The second-order valence-corrected chi connectivity index (χ2v) is 6.08. The Morgan fingerprint density at radius 1 is 1.24 bits per heavy atom. The van der Waals surface area contributed by atoms with Crippen LogP contribution in [-0.4, -0.2) is 33.9 Å². The molecule has 4 bridgehead atoms. The standard InChI is InChI=1S/C18H18N4O3/c1-11-4-5-20-18(23)24-10-12-6-13(9-19-8-12)17-15-7-14(25-11)2-3-16(15)21-22-17/h2-3,6-9,11H,4-5,10H2,1H3,(H,20,23)(H,21,22). The zero-order chi connectivity index (χ0) is 17.2. The molecule has 0 fully saturated rings. The number of hydrogen-bond acceptors (Lipinski definition) is 5. The van der Waals surface area contributed by atoms with E-state index in [2.05, 4.69) is 20.5 Å². The molecule has 3 aromatic rings. The summed E-state index contributed by atoms with van der Waals surface area (Å²) in [4.78, 5) is 16.0. The third-order valence-corrected chi connectivity index (χ3v) is 4.13. The van der Waals surface area contributed by atoms with Crippen molar-refractivity contribution in [1.82, 2.24) is 20.5 Å². The SMILES string of the molecule is CC1CCNC(=O)OCc2cncc(c2)-c2n[nH]c3ccc(cc23)O1. The van der Waals surface area contributed by atoms with Gasteiger partial charge in [0.15, 0.2) is 0 Å². The molecule has 0 saturated heterocycles. The Hall–Kier alpha value is -3.09. The predicted molar refractivity (Wildman–Crippen MR) is 92.2 cm³/mol. The van der Waals surface area contributed by atoms with Crippen molar-refractivity contribution in [3.05, 3.63) is 42.2 Å². The number of aromatic amines is 1. The first-order valence-corrected chi connectivity index (χ1v) is 8.19. The van der Waals surface area contributed by atoms with Gasteiger partial charge in [-0.05, 0) is 31.2 Å². The minimum Gasteiger partial charge on any atom is -0.491 e. The average molecular weight is 338 g/mol. The van der Waals surface area contributed by atoms with Gasteiger partial charge in [-0.15, -0.1) is 0 Å².